The molecule has 2 heterocycles. The maximum atomic E-state index is 12.6. The van der Waals surface area contributed by atoms with Crippen molar-refractivity contribution in [3.05, 3.63) is 0 Å². The zero-order valence-electron chi connectivity index (χ0n) is 10.7. The standard InChI is InChI=1S/C13H21N3O2/c14-13(5-1-2-6-13)12(18)16-7-3-4-9-10(16)8-15-11(9)17/h9-10H,1-8,14H2,(H,15,17). The van der Waals surface area contributed by atoms with Gasteiger partial charge in [-0.2, -0.15) is 0 Å². The van der Waals surface area contributed by atoms with E-state index >= 15 is 0 Å². The number of rotatable bonds is 1. The largest absolute Gasteiger partial charge is 0.354 e. The molecule has 0 aromatic heterocycles. The number of carbonyl (C=O) groups excluding carboxylic acids is 2. The van der Waals surface area contributed by atoms with Gasteiger partial charge >= 0.3 is 0 Å². The summed E-state index contributed by atoms with van der Waals surface area (Å²) in [7, 11) is 0. The molecule has 5 heteroatoms. The zero-order chi connectivity index (χ0) is 12.8. The molecule has 3 aliphatic rings. The van der Waals surface area contributed by atoms with Crippen molar-refractivity contribution in [3.63, 3.8) is 0 Å². The van der Waals surface area contributed by atoms with Crippen LogP contribution in [0.25, 0.3) is 0 Å². The molecule has 0 spiro atoms. The van der Waals surface area contributed by atoms with Crippen molar-refractivity contribution in [2.75, 3.05) is 13.1 Å². The molecule has 0 bridgehead atoms. The minimum Gasteiger partial charge on any atom is -0.354 e. The summed E-state index contributed by atoms with van der Waals surface area (Å²) in [5, 5.41) is 2.88. The van der Waals surface area contributed by atoms with Gasteiger partial charge in [-0.25, -0.2) is 0 Å². The van der Waals surface area contributed by atoms with E-state index in [1.54, 1.807) is 0 Å². The number of fused-ring (bicyclic) bond motifs is 1. The Morgan fingerprint density at radius 3 is 2.78 bits per heavy atom. The van der Waals surface area contributed by atoms with Gasteiger partial charge in [-0.15, -0.1) is 0 Å². The molecule has 3 N–H and O–H groups in total. The van der Waals surface area contributed by atoms with Crippen LogP contribution in [0, 0.1) is 5.92 Å². The fourth-order valence-corrected chi connectivity index (χ4v) is 3.71. The molecule has 3 rings (SSSR count). The van der Waals surface area contributed by atoms with Crippen molar-refractivity contribution in [2.45, 2.75) is 50.1 Å². The SMILES string of the molecule is NC1(C(=O)N2CCCC3C(=O)NCC32)CCCC1. The number of carbonyl (C=O) groups is 2. The molecular weight excluding hydrogens is 230 g/mol. The number of amides is 2. The van der Waals surface area contributed by atoms with Crippen molar-refractivity contribution in [1.82, 2.24) is 10.2 Å². The van der Waals surface area contributed by atoms with Crippen molar-refractivity contribution >= 4 is 11.8 Å². The van der Waals surface area contributed by atoms with Crippen LogP contribution in [0.2, 0.25) is 0 Å². The number of nitrogens with one attached hydrogen (secondary N) is 1. The summed E-state index contributed by atoms with van der Waals surface area (Å²) in [6.07, 6.45) is 5.49. The second kappa shape index (κ2) is 4.23. The van der Waals surface area contributed by atoms with Crippen LogP contribution in [0.4, 0.5) is 0 Å². The Kier molecular flexibility index (Phi) is 2.81. The maximum absolute atomic E-state index is 12.6. The summed E-state index contributed by atoms with van der Waals surface area (Å²) in [5.41, 5.74) is 5.60. The van der Waals surface area contributed by atoms with Gasteiger partial charge in [-0.05, 0) is 25.7 Å². The number of nitrogens with zero attached hydrogens (tertiary/aromatic N) is 1. The van der Waals surface area contributed by atoms with Crippen LogP contribution in [0.1, 0.15) is 38.5 Å². The first kappa shape index (κ1) is 12.0. The van der Waals surface area contributed by atoms with Gasteiger partial charge in [-0.1, -0.05) is 12.8 Å². The monoisotopic (exact) mass is 251 g/mol. The van der Waals surface area contributed by atoms with Gasteiger partial charge in [0.25, 0.3) is 0 Å². The Morgan fingerprint density at radius 2 is 2.06 bits per heavy atom. The van der Waals surface area contributed by atoms with Gasteiger partial charge in [0.05, 0.1) is 17.5 Å². The summed E-state index contributed by atoms with van der Waals surface area (Å²) >= 11 is 0. The first-order valence-corrected chi connectivity index (χ1v) is 6.99. The minimum absolute atomic E-state index is 0.00676. The number of hydrogen-bond donors (Lipinski definition) is 2. The van der Waals surface area contributed by atoms with E-state index in [1.807, 2.05) is 4.90 Å². The van der Waals surface area contributed by atoms with E-state index in [2.05, 4.69) is 5.32 Å². The molecular formula is C13H21N3O2. The van der Waals surface area contributed by atoms with E-state index in [9.17, 15) is 9.59 Å². The van der Waals surface area contributed by atoms with E-state index in [1.165, 1.54) is 0 Å². The molecule has 2 unspecified atom stereocenters. The van der Waals surface area contributed by atoms with Crippen molar-refractivity contribution in [2.24, 2.45) is 11.7 Å². The van der Waals surface area contributed by atoms with Crippen LogP contribution in [0.5, 0.6) is 0 Å². The molecule has 100 valence electrons. The summed E-state index contributed by atoms with van der Waals surface area (Å²) in [6.45, 7) is 1.36. The molecule has 2 aliphatic heterocycles. The smallest absolute Gasteiger partial charge is 0.242 e. The molecule has 5 nitrogen and oxygen atoms in total. The highest BCUT2D eigenvalue weighted by atomic mass is 16.2. The summed E-state index contributed by atoms with van der Waals surface area (Å²) < 4.78 is 0. The molecule has 0 aromatic carbocycles. The second-order valence-corrected chi connectivity index (χ2v) is 5.92. The molecule has 2 atom stereocenters. The third-order valence-corrected chi connectivity index (χ3v) is 4.78. The minimum atomic E-state index is -0.659. The van der Waals surface area contributed by atoms with E-state index < -0.39 is 5.54 Å². The first-order valence-electron chi connectivity index (χ1n) is 6.99. The van der Waals surface area contributed by atoms with Crippen molar-refractivity contribution in [1.29, 1.82) is 0 Å². The van der Waals surface area contributed by atoms with Gasteiger partial charge in [-0.3, -0.25) is 9.59 Å². The topological polar surface area (TPSA) is 75.4 Å². The Labute approximate surface area is 107 Å². The van der Waals surface area contributed by atoms with E-state index in [0.29, 0.717) is 6.54 Å². The highest BCUT2D eigenvalue weighted by Gasteiger charge is 2.47. The van der Waals surface area contributed by atoms with Crippen LogP contribution in [-0.2, 0) is 9.59 Å². The molecule has 1 aliphatic carbocycles. The normalized spacial score (nSPS) is 34.3. The molecule has 18 heavy (non-hydrogen) atoms. The Hall–Kier alpha value is -1.10. The van der Waals surface area contributed by atoms with Crippen LogP contribution < -0.4 is 11.1 Å². The van der Waals surface area contributed by atoms with Crippen LogP contribution in [0.15, 0.2) is 0 Å². The highest BCUT2D eigenvalue weighted by molar-refractivity contribution is 5.89. The van der Waals surface area contributed by atoms with E-state index in [4.69, 9.17) is 5.73 Å². The molecule has 0 radical (unpaired) electrons. The van der Waals surface area contributed by atoms with Gasteiger partial charge < -0.3 is 16.0 Å². The molecule has 2 amide bonds. The third-order valence-electron chi connectivity index (χ3n) is 4.78. The number of nitrogens with two attached hydrogens (primary N) is 1. The fourth-order valence-electron chi connectivity index (χ4n) is 3.71. The average Bonchev–Trinajstić information content (AvgIpc) is 2.97. The fraction of sp³-hybridized carbons (Fsp3) is 0.846. The van der Waals surface area contributed by atoms with Gasteiger partial charge in [0.15, 0.2) is 0 Å². The summed E-state index contributed by atoms with van der Waals surface area (Å²) in [4.78, 5) is 26.2. The maximum Gasteiger partial charge on any atom is 0.242 e. The zero-order valence-corrected chi connectivity index (χ0v) is 10.7. The van der Waals surface area contributed by atoms with Crippen LogP contribution in [-0.4, -0.2) is 41.4 Å². The lowest BCUT2D eigenvalue weighted by atomic mass is 9.88. The Balaban J connectivity index is 1.79. The Morgan fingerprint density at radius 1 is 1.33 bits per heavy atom. The lowest BCUT2D eigenvalue weighted by Crippen LogP contribution is -2.59. The molecule has 0 aromatic rings. The van der Waals surface area contributed by atoms with Crippen molar-refractivity contribution in [3.8, 4) is 0 Å². The number of likely N-dealkylation sites (tertiary alicyclic amines) is 1. The average molecular weight is 251 g/mol. The summed E-state index contributed by atoms with van der Waals surface area (Å²) in [6, 6.07) is 0.0415. The van der Waals surface area contributed by atoms with Crippen molar-refractivity contribution < 1.29 is 9.59 Å². The predicted octanol–water partition coefficient (Wildman–Crippen LogP) is -0.00510. The van der Waals surface area contributed by atoms with Gasteiger partial charge in [0, 0.05) is 13.1 Å². The second-order valence-electron chi connectivity index (χ2n) is 5.92. The van der Waals surface area contributed by atoms with E-state index in [-0.39, 0.29) is 23.8 Å². The number of piperidine rings is 1. The predicted molar refractivity (Wildman–Crippen MR) is 66.6 cm³/mol. The van der Waals surface area contributed by atoms with Crippen LogP contribution in [0.3, 0.4) is 0 Å². The highest BCUT2D eigenvalue weighted by Crippen LogP contribution is 2.34. The first-order chi connectivity index (χ1) is 8.62. The summed E-state index contributed by atoms with van der Waals surface area (Å²) in [5.74, 6) is 0.175. The lowest BCUT2D eigenvalue weighted by molar-refractivity contribution is -0.142. The molecule has 2 saturated heterocycles. The van der Waals surface area contributed by atoms with Crippen LogP contribution >= 0.6 is 0 Å². The van der Waals surface area contributed by atoms with Gasteiger partial charge in [0.1, 0.15) is 0 Å². The molecule has 3 fully saturated rings. The van der Waals surface area contributed by atoms with E-state index in [0.717, 1.165) is 45.1 Å². The number of hydrogen-bond acceptors (Lipinski definition) is 3. The van der Waals surface area contributed by atoms with Gasteiger partial charge in [0.2, 0.25) is 11.8 Å². The lowest BCUT2D eigenvalue weighted by Gasteiger charge is -2.40. The quantitative estimate of drug-likeness (QED) is 0.688. The third kappa shape index (κ3) is 1.72. The Bertz CT molecular complexity index is 376. The molecule has 1 saturated carbocycles.